The van der Waals surface area contributed by atoms with Crippen molar-refractivity contribution in [2.24, 2.45) is 0 Å². The average molecular weight is 653 g/mol. The van der Waals surface area contributed by atoms with Gasteiger partial charge in [0.25, 0.3) is 0 Å². The summed E-state index contributed by atoms with van der Waals surface area (Å²) in [5.74, 6) is 0. The van der Waals surface area contributed by atoms with Crippen LogP contribution in [0.2, 0.25) is 0 Å². The Morgan fingerprint density at radius 1 is 0.354 bits per heavy atom. The molecular weight excluding hydrogens is 613 g/mol. The average Bonchev–Trinajstić information content (AvgIpc) is 3.13. The van der Waals surface area contributed by atoms with Gasteiger partial charge in [0.1, 0.15) is 0 Å². The van der Waals surface area contributed by atoms with Crippen LogP contribution in [0.5, 0.6) is 0 Å². The maximum atomic E-state index is 2.41. The van der Waals surface area contributed by atoms with E-state index in [1.165, 1.54) is 64.9 Å². The van der Waals surface area contributed by atoms with Crippen LogP contribution in [0.1, 0.15) is 16.7 Å². The molecule has 232 valence electrons. The Hall–Kier alpha value is -4.54. The fourth-order valence-electron chi connectivity index (χ4n) is 7.16. The van der Waals surface area contributed by atoms with E-state index in [0.717, 1.165) is 0 Å². The van der Waals surface area contributed by atoms with Crippen LogP contribution in [0.3, 0.4) is 0 Å². The zero-order valence-corrected chi connectivity index (χ0v) is 29.6. The smallest absolute Gasteiger partial charge is 0.0663 e. The second-order valence-corrected chi connectivity index (χ2v) is 16.7. The first kappa shape index (κ1) is 32.0. The molecule has 7 aromatic rings. The molecule has 0 aliphatic carbocycles. The lowest BCUT2D eigenvalue weighted by Crippen LogP contribution is -2.61. The lowest BCUT2D eigenvalue weighted by Gasteiger charge is -2.30. The molecule has 0 saturated carbocycles. The molecule has 0 fully saturated rings. The summed E-state index contributed by atoms with van der Waals surface area (Å²) in [5.41, 5.74) is 8.17. The van der Waals surface area contributed by atoms with Crippen molar-refractivity contribution >= 4 is 70.8 Å². The molecule has 0 nitrogen and oxygen atoms in total. The van der Waals surface area contributed by atoms with E-state index in [2.05, 4.69) is 203 Å². The predicted molar refractivity (Wildman–Crippen MR) is 216 cm³/mol. The Kier molecular flexibility index (Phi) is 9.81. The lowest BCUT2D eigenvalue weighted by molar-refractivity contribution is 1.35. The Balaban J connectivity index is 1.54. The molecule has 0 bridgehead atoms. The van der Waals surface area contributed by atoms with Crippen LogP contribution in [0.15, 0.2) is 182 Å². The molecule has 0 amide bonds. The molecule has 7 rings (SSSR count). The van der Waals surface area contributed by atoms with Gasteiger partial charge < -0.3 is 0 Å². The topological polar surface area (TPSA) is 0 Å². The molecule has 0 aliphatic heterocycles. The number of hydrogen-bond donors (Lipinski definition) is 0. The van der Waals surface area contributed by atoms with Crippen LogP contribution in [-0.2, 0) is 0 Å². The quantitative estimate of drug-likeness (QED) is 0.121. The van der Waals surface area contributed by atoms with Crippen LogP contribution in [0.4, 0.5) is 0 Å². The van der Waals surface area contributed by atoms with E-state index in [9.17, 15) is 0 Å². The molecule has 0 heterocycles. The Bertz CT molecular complexity index is 1880. The number of aryl methyl sites for hydroxylation is 3. The Morgan fingerprint density at radius 3 is 0.979 bits per heavy atom. The molecule has 0 unspecified atom stereocenters. The summed E-state index contributed by atoms with van der Waals surface area (Å²) in [4.78, 5) is 0. The third-order valence-corrected chi connectivity index (χ3v) is 14.1. The zero-order chi connectivity index (χ0) is 32.9. The van der Waals surface area contributed by atoms with E-state index >= 15 is 0 Å². The van der Waals surface area contributed by atoms with Gasteiger partial charge in [-0.15, -0.1) is 0 Å². The van der Waals surface area contributed by atoms with Gasteiger partial charge >= 0.3 is 0 Å². The van der Waals surface area contributed by atoms with Crippen molar-refractivity contribution in [3.8, 4) is 0 Å². The Morgan fingerprint density at radius 2 is 0.646 bits per heavy atom. The van der Waals surface area contributed by atoms with E-state index in [1.807, 2.05) is 0 Å². The minimum atomic E-state index is -0.813. The fraction of sp³-hybridized carbons (Fsp3) is 0.0667. The molecule has 0 atom stereocenters. The van der Waals surface area contributed by atoms with E-state index in [1.54, 1.807) is 0 Å². The molecule has 0 N–H and O–H groups in total. The van der Waals surface area contributed by atoms with E-state index < -0.39 is 15.8 Å². The largest absolute Gasteiger partial charge is 0.243 e. The summed E-state index contributed by atoms with van der Waals surface area (Å²) in [6.07, 6.45) is 0. The third-order valence-electron chi connectivity index (χ3n) is 9.06. The van der Waals surface area contributed by atoms with E-state index in [0.29, 0.717) is 0 Å². The minimum Gasteiger partial charge on any atom is -0.0663 e. The predicted octanol–water partition coefficient (Wildman–Crippen LogP) is 6.64. The van der Waals surface area contributed by atoms with Crippen molar-refractivity contribution in [2.75, 3.05) is 0 Å². The van der Waals surface area contributed by atoms with Crippen molar-refractivity contribution in [3.63, 3.8) is 0 Å². The van der Waals surface area contributed by atoms with Gasteiger partial charge in [0, 0.05) is 0 Å². The van der Waals surface area contributed by atoms with Crippen LogP contribution < -0.4 is 48.2 Å². The standard InChI is InChI=1S/C45H39BP2/c1-34-32-35(2)45(36(3)33-34)46(41-28-16-18-30-43(41)47(37-20-8-4-9-21-37)38-22-10-5-11-23-38)42-29-17-19-31-44(42)48(39-24-12-6-13-25-39)40-26-14-7-15-27-40/h4-33H,1-3H3. The summed E-state index contributed by atoms with van der Waals surface area (Å²) < 4.78 is 0. The Labute approximate surface area is 289 Å². The molecule has 0 aromatic heterocycles. The zero-order valence-electron chi connectivity index (χ0n) is 27.8. The lowest BCUT2D eigenvalue weighted by atomic mass is 9.35. The number of rotatable bonds is 9. The molecular formula is C45H39BP2. The molecule has 0 spiro atoms. The van der Waals surface area contributed by atoms with Gasteiger partial charge in [-0.3, -0.25) is 0 Å². The SMILES string of the molecule is Cc1cc(C)c(B(c2ccccc2P(c2ccccc2)c2ccccc2)c2ccccc2P(c2ccccc2)c2ccccc2)c(C)c1. The van der Waals surface area contributed by atoms with Gasteiger partial charge in [-0.25, -0.2) is 0 Å². The maximum absolute atomic E-state index is 2.41. The first-order valence-electron chi connectivity index (χ1n) is 16.7. The highest BCUT2D eigenvalue weighted by molar-refractivity contribution is 7.81. The summed E-state index contributed by atoms with van der Waals surface area (Å²) in [5, 5.41) is 8.29. The van der Waals surface area contributed by atoms with Crippen LogP contribution in [0, 0.1) is 20.8 Å². The third kappa shape index (κ3) is 6.59. The highest BCUT2D eigenvalue weighted by Crippen LogP contribution is 2.34. The number of hydrogen-bond acceptors (Lipinski definition) is 0. The summed E-state index contributed by atoms with van der Waals surface area (Å²) in [6, 6.07) is 67.8. The first-order valence-corrected chi connectivity index (χ1v) is 19.3. The molecule has 3 heteroatoms. The fourth-order valence-corrected chi connectivity index (χ4v) is 12.1. The normalized spacial score (nSPS) is 11.2. The molecule has 7 aromatic carbocycles. The van der Waals surface area contributed by atoms with Gasteiger partial charge in [-0.1, -0.05) is 215 Å². The van der Waals surface area contributed by atoms with Gasteiger partial charge in [0.05, 0.1) is 0 Å². The molecule has 0 saturated heterocycles. The van der Waals surface area contributed by atoms with Crippen molar-refractivity contribution < 1.29 is 0 Å². The molecule has 0 radical (unpaired) electrons. The number of benzene rings is 7. The maximum Gasteiger partial charge on any atom is 0.243 e. The van der Waals surface area contributed by atoms with Gasteiger partial charge in [0.15, 0.2) is 0 Å². The van der Waals surface area contributed by atoms with Gasteiger partial charge in [0.2, 0.25) is 6.71 Å². The van der Waals surface area contributed by atoms with Gasteiger partial charge in [-0.2, -0.15) is 0 Å². The van der Waals surface area contributed by atoms with Crippen molar-refractivity contribution in [1.82, 2.24) is 0 Å². The summed E-state index contributed by atoms with van der Waals surface area (Å²) in [6.45, 7) is 6.88. The van der Waals surface area contributed by atoms with Crippen molar-refractivity contribution in [1.29, 1.82) is 0 Å². The molecule has 48 heavy (non-hydrogen) atoms. The van der Waals surface area contributed by atoms with Crippen LogP contribution >= 0.6 is 15.8 Å². The van der Waals surface area contributed by atoms with Crippen molar-refractivity contribution in [3.05, 3.63) is 199 Å². The molecule has 0 aliphatic rings. The highest BCUT2D eigenvalue weighted by atomic mass is 31.1. The monoisotopic (exact) mass is 652 g/mol. The highest BCUT2D eigenvalue weighted by Gasteiger charge is 2.33. The van der Waals surface area contributed by atoms with Crippen LogP contribution in [-0.4, -0.2) is 6.71 Å². The second-order valence-electron chi connectivity index (χ2n) is 12.4. The minimum absolute atomic E-state index is 0.0489. The van der Waals surface area contributed by atoms with Crippen LogP contribution in [0.25, 0.3) is 0 Å². The second kappa shape index (κ2) is 14.7. The van der Waals surface area contributed by atoms with Gasteiger partial charge in [-0.05, 0) is 68.4 Å². The summed E-state index contributed by atoms with van der Waals surface area (Å²) >= 11 is 0. The van der Waals surface area contributed by atoms with E-state index in [-0.39, 0.29) is 6.71 Å². The van der Waals surface area contributed by atoms with E-state index in [4.69, 9.17) is 0 Å². The first-order chi connectivity index (χ1) is 23.6. The van der Waals surface area contributed by atoms with Crippen molar-refractivity contribution in [2.45, 2.75) is 20.8 Å². The summed E-state index contributed by atoms with van der Waals surface area (Å²) in [7, 11) is -1.63.